The normalized spacial score (nSPS) is 20.1. The predicted octanol–water partition coefficient (Wildman–Crippen LogP) is 0.357. The number of nitrogens with one attached hydrogen (secondary N) is 1. The van der Waals surface area contributed by atoms with Crippen molar-refractivity contribution in [3.63, 3.8) is 0 Å². The molecule has 0 aromatic heterocycles. The fourth-order valence-corrected chi connectivity index (χ4v) is 1.37. The van der Waals surface area contributed by atoms with E-state index in [2.05, 4.69) is 16.8 Å². The molecule has 0 spiro atoms. The number of hydrogen-bond acceptors (Lipinski definition) is 3. The van der Waals surface area contributed by atoms with Crippen LogP contribution in [-0.2, 0) is 9.53 Å². The Balaban J connectivity index is 2.36. The highest BCUT2D eigenvalue weighted by molar-refractivity contribution is 5.92. The van der Waals surface area contributed by atoms with E-state index in [1.54, 1.807) is 6.92 Å². The monoisotopic (exact) mass is 198 g/mol. The molecule has 4 nitrogen and oxygen atoms in total. The minimum atomic E-state index is -0.0796. The maximum atomic E-state index is 11.3. The molecule has 1 heterocycles. The van der Waals surface area contributed by atoms with Crippen molar-refractivity contribution in [3.05, 3.63) is 12.2 Å². The van der Waals surface area contributed by atoms with Gasteiger partial charge in [-0.05, 0) is 13.8 Å². The Morgan fingerprint density at radius 2 is 2.07 bits per heavy atom. The number of hydrogen-bond donors (Lipinski definition) is 1. The minimum Gasteiger partial charge on any atom is -0.379 e. The first-order valence-electron chi connectivity index (χ1n) is 4.89. The quantitative estimate of drug-likeness (QED) is 0.666. The first-order valence-corrected chi connectivity index (χ1v) is 4.89. The Morgan fingerprint density at radius 1 is 1.50 bits per heavy atom. The average molecular weight is 198 g/mol. The first-order chi connectivity index (χ1) is 6.61. The van der Waals surface area contributed by atoms with Crippen molar-refractivity contribution < 1.29 is 9.53 Å². The van der Waals surface area contributed by atoms with E-state index in [1.165, 1.54) is 0 Å². The van der Waals surface area contributed by atoms with E-state index < -0.39 is 0 Å². The van der Waals surface area contributed by atoms with E-state index in [0.29, 0.717) is 5.57 Å². The van der Waals surface area contributed by atoms with Crippen molar-refractivity contribution in [1.82, 2.24) is 10.2 Å². The third kappa shape index (κ3) is 3.12. The van der Waals surface area contributed by atoms with Crippen LogP contribution in [0, 0.1) is 0 Å². The Hall–Kier alpha value is -0.870. The second-order valence-electron chi connectivity index (χ2n) is 3.58. The van der Waals surface area contributed by atoms with Gasteiger partial charge in [0.05, 0.1) is 19.4 Å². The van der Waals surface area contributed by atoms with Gasteiger partial charge in [0.15, 0.2) is 0 Å². The lowest BCUT2D eigenvalue weighted by atomic mass is 10.3. The van der Waals surface area contributed by atoms with E-state index in [1.807, 2.05) is 6.92 Å². The molecular formula is C10H18N2O2. The molecule has 1 aliphatic heterocycles. The van der Waals surface area contributed by atoms with Gasteiger partial charge in [-0.2, -0.15) is 0 Å². The molecular weight excluding hydrogens is 180 g/mol. The third-order valence-electron chi connectivity index (χ3n) is 2.32. The van der Waals surface area contributed by atoms with Gasteiger partial charge in [0.2, 0.25) is 5.91 Å². The summed E-state index contributed by atoms with van der Waals surface area (Å²) in [5.41, 5.74) is 0.546. The highest BCUT2D eigenvalue weighted by Gasteiger charge is 2.18. The summed E-state index contributed by atoms with van der Waals surface area (Å²) in [6.07, 6.45) is 0.0584. The lowest BCUT2D eigenvalue weighted by Gasteiger charge is -2.32. The van der Waals surface area contributed by atoms with Crippen molar-refractivity contribution in [2.24, 2.45) is 0 Å². The van der Waals surface area contributed by atoms with E-state index in [0.717, 1.165) is 26.3 Å². The summed E-state index contributed by atoms with van der Waals surface area (Å²) in [5, 5.41) is 2.88. The van der Waals surface area contributed by atoms with Gasteiger partial charge in [0, 0.05) is 18.7 Å². The van der Waals surface area contributed by atoms with Crippen molar-refractivity contribution in [3.8, 4) is 0 Å². The Labute approximate surface area is 84.9 Å². The molecule has 0 aromatic carbocycles. The molecule has 0 aliphatic carbocycles. The van der Waals surface area contributed by atoms with Gasteiger partial charge in [-0.15, -0.1) is 0 Å². The smallest absolute Gasteiger partial charge is 0.247 e. The standard InChI is InChI=1S/C10H18N2O2/c1-8(2)10(13)11-9(3)12-4-6-14-7-5-12/h9H,1,4-7H2,2-3H3,(H,11,13). The zero-order valence-corrected chi connectivity index (χ0v) is 8.88. The van der Waals surface area contributed by atoms with Crippen LogP contribution in [0.15, 0.2) is 12.2 Å². The summed E-state index contributed by atoms with van der Waals surface area (Å²) in [5.74, 6) is -0.0796. The lowest BCUT2D eigenvalue weighted by Crippen LogP contribution is -2.50. The van der Waals surface area contributed by atoms with E-state index in [9.17, 15) is 4.79 Å². The summed E-state index contributed by atoms with van der Waals surface area (Å²) in [7, 11) is 0. The minimum absolute atomic E-state index is 0.0584. The zero-order chi connectivity index (χ0) is 10.6. The van der Waals surface area contributed by atoms with Gasteiger partial charge in [-0.1, -0.05) is 6.58 Å². The molecule has 1 fully saturated rings. The summed E-state index contributed by atoms with van der Waals surface area (Å²) < 4.78 is 5.23. The van der Waals surface area contributed by atoms with E-state index in [4.69, 9.17) is 4.74 Å². The number of amides is 1. The second-order valence-corrected chi connectivity index (χ2v) is 3.58. The Morgan fingerprint density at radius 3 is 2.57 bits per heavy atom. The Kier molecular flexibility index (Phi) is 4.10. The molecule has 0 radical (unpaired) electrons. The molecule has 1 amide bonds. The fraction of sp³-hybridized carbons (Fsp3) is 0.700. The van der Waals surface area contributed by atoms with Crippen LogP contribution in [0.4, 0.5) is 0 Å². The molecule has 1 atom stereocenters. The van der Waals surface area contributed by atoms with Crippen LogP contribution < -0.4 is 5.32 Å². The van der Waals surface area contributed by atoms with E-state index in [-0.39, 0.29) is 12.1 Å². The largest absolute Gasteiger partial charge is 0.379 e. The number of ether oxygens (including phenoxy) is 1. The molecule has 1 aliphatic rings. The molecule has 1 unspecified atom stereocenters. The predicted molar refractivity (Wildman–Crippen MR) is 54.8 cm³/mol. The van der Waals surface area contributed by atoms with Crippen LogP contribution in [0.5, 0.6) is 0 Å². The van der Waals surface area contributed by atoms with Gasteiger partial charge in [-0.25, -0.2) is 0 Å². The third-order valence-corrected chi connectivity index (χ3v) is 2.32. The first kappa shape index (κ1) is 11.2. The van der Waals surface area contributed by atoms with Crippen LogP contribution in [0.25, 0.3) is 0 Å². The molecule has 0 aromatic rings. The molecule has 1 saturated heterocycles. The highest BCUT2D eigenvalue weighted by Crippen LogP contribution is 2.01. The highest BCUT2D eigenvalue weighted by atomic mass is 16.5. The topological polar surface area (TPSA) is 41.6 Å². The maximum absolute atomic E-state index is 11.3. The maximum Gasteiger partial charge on any atom is 0.247 e. The Bertz CT molecular complexity index is 222. The second kappa shape index (κ2) is 5.12. The number of carbonyl (C=O) groups is 1. The molecule has 1 rings (SSSR count). The van der Waals surface area contributed by atoms with Gasteiger partial charge >= 0.3 is 0 Å². The van der Waals surface area contributed by atoms with Crippen molar-refractivity contribution in [2.45, 2.75) is 20.0 Å². The van der Waals surface area contributed by atoms with Crippen molar-refractivity contribution in [2.75, 3.05) is 26.3 Å². The number of rotatable bonds is 3. The number of nitrogens with zero attached hydrogens (tertiary/aromatic N) is 1. The summed E-state index contributed by atoms with van der Waals surface area (Å²) >= 11 is 0. The molecule has 14 heavy (non-hydrogen) atoms. The van der Waals surface area contributed by atoms with Crippen LogP contribution in [0.3, 0.4) is 0 Å². The van der Waals surface area contributed by atoms with Gasteiger partial charge in [0.1, 0.15) is 0 Å². The fourth-order valence-electron chi connectivity index (χ4n) is 1.37. The van der Waals surface area contributed by atoms with Crippen molar-refractivity contribution >= 4 is 5.91 Å². The van der Waals surface area contributed by atoms with E-state index >= 15 is 0 Å². The number of morpholine rings is 1. The zero-order valence-electron chi connectivity index (χ0n) is 8.88. The number of carbonyl (C=O) groups excluding carboxylic acids is 1. The van der Waals surface area contributed by atoms with Gasteiger partial charge in [0.25, 0.3) is 0 Å². The van der Waals surface area contributed by atoms with Crippen LogP contribution in [0.2, 0.25) is 0 Å². The van der Waals surface area contributed by atoms with Gasteiger partial charge < -0.3 is 10.1 Å². The SMILES string of the molecule is C=C(C)C(=O)NC(C)N1CCOCC1. The summed E-state index contributed by atoms with van der Waals surface area (Å²) in [6.45, 7) is 10.5. The molecule has 0 saturated carbocycles. The van der Waals surface area contributed by atoms with Crippen LogP contribution in [-0.4, -0.2) is 43.3 Å². The van der Waals surface area contributed by atoms with Crippen LogP contribution in [0.1, 0.15) is 13.8 Å². The van der Waals surface area contributed by atoms with Crippen molar-refractivity contribution in [1.29, 1.82) is 0 Å². The van der Waals surface area contributed by atoms with Crippen LogP contribution >= 0.6 is 0 Å². The molecule has 80 valence electrons. The molecule has 1 N–H and O–H groups in total. The summed E-state index contributed by atoms with van der Waals surface area (Å²) in [4.78, 5) is 13.5. The summed E-state index contributed by atoms with van der Waals surface area (Å²) in [6, 6.07) is 0. The van der Waals surface area contributed by atoms with Gasteiger partial charge in [-0.3, -0.25) is 9.69 Å². The average Bonchev–Trinajstić information content (AvgIpc) is 2.19. The molecule has 4 heteroatoms. The molecule has 0 bridgehead atoms. The lowest BCUT2D eigenvalue weighted by molar-refractivity contribution is -0.119.